The molecule has 1 aliphatic rings. The number of primary amides is 1. The maximum absolute atomic E-state index is 13.2. The van der Waals surface area contributed by atoms with Crippen LogP contribution in [0.1, 0.15) is 18.4 Å². The van der Waals surface area contributed by atoms with Gasteiger partial charge in [-0.1, -0.05) is 12.1 Å². The van der Waals surface area contributed by atoms with Crippen LogP contribution in [0.4, 0.5) is 5.69 Å². The molecule has 3 N–H and O–H groups in total. The molecule has 10 heteroatoms. The Bertz CT molecular complexity index is 1090. The Kier molecular flexibility index (Phi) is 7.37. The lowest BCUT2D eigenvalue weighted by atomic mass is 9.98. The normalized spacial score (nSPS) is 16.9. The van der Waals surface area contributed by atoms with E-state index in [0.29, 0.717) is 36.6 Å². The number of amides is 2. The Morgan fingerprint density at radius 1 is 1.09 bits per heavy atom. The first-order valence-corrected chi connectivity index (χ1v) is 11.6. The highest BCUT2D eigenvalue weighted by Crippen LogP contribution is 2.32. The fourth-order valence-electron chi connectivity index (χ4n) is 3.65. The van der Waals surface area contributed by atoms with E-state index < -0.39 is 21.8 Å². The average Bonchev–Trinajstić information content (AvgIpc) is 2.79. The summed E-state index contributed by atoms with van der Waals surface area (Å²) >= 11 is 0. The van der Waals surface area contributed by atoms with Gasteiger partial charge in [0.05, 0.1) is 31.5 Å². The number of benzene rings is 2. The number of methoxy groups -OCH3 is 2. The van der Waals surface area contributed by atoms with Crippen LogP contribution < -0.4 is 20.5 Å². The minimum Gasteiger partial charge on any atom is -0.493 e. The molecule has 32 heavy (non-hydrogen) atoms. The summed E-state index contributed by atoms with van der Waals surface area (Å²) in [5.74, 6) is -0.410. The SMILES string of the molecule is COc1ccc(S(=O)(=O)N2CCCC(C(=O)Nc3ccc(CC(N)=O)cc3)C2)cc1OC. The van der Waals surface area contributed by atoms with Gasteiger partial charge >= 0.3 is 0 Å². The standard InChI is InChI=1S/C22H27N3O6S/c1-30-19-10-9-18(13-20(19)31-2)32(28,29)25-11-3-4-16(14-25)22(27)24-17-7-5-15(6-8-17)12-21(23)26/h5-10,13,16H,3-4,11-12,14H2,1-2H3,(H2,23,26)(H,24,27). The summed E-state index contributed by atoms with van der Waals surface area (Å²) in [4.78, 5) is 23.9. The van der Waals surface area contributed by atoms with Crippen LogP contribution >= 0.6 is 0 Å². The molecular formula is C22H27N3O6S. The van der Waals surface area contributed by atoms with Gasteiger partial charge in [-0.25, -0.2) is 8.42 Å². The fraction of sp³-hybridized carbons (Fsp3) is 0.364. The molecule has 1 heterocycles. The van der Waals surface area contributed by atoms with Crippen molar-refractivity contribution in [1.82, 2.24) is 4.31 Å². The number of piperidine rings is 1. The van der Waals surface area contributed by atoms with E-state index in [1.165, 1.54) is 30.7 Å². The Labute approximate surface area is 187 Å². The molecule has 0 spiro atoms. The van der Waals surface area contributed by atoms with E-state index in [-0.39, 0.29) is 23.8 Å². The first-order chi connectivity index (χ1) is 15.2. The van der Waals surface area contributed by atoms with Crippen LogP contribution in [-0.4, -0.2) is 51.8 Å². The molecule has 1 saturated heterocycles. The van der Waals surface area contributed by atoms with Crippen LogP contribution in [0.25, 0.3) is 0 Å². The Hall–Kier alpha value is -3.11. The minimum atomic E-state index is -3.80. The van der Waals surface area contributed by atoms with Crippen LogP contribution in [0.5, 0.6) is 11.5 Å². The van der Waals surface area contributed by atoms with E-state index in [0.717, 1.165) is 5.56 Å². The fourth-order valence-corrected chi connectivity index (χ4v) is 5.19. The number of anilines is 1. The minimum absolute atomic E-state index is 0.0845. The topological polar surface area (TPSA) is 128 Å². The number of rotatable bonds is 8. The number of nitrogens with zero attached hydrogens (tertiary/aromatic N) is 1. The predicted molar refractivity (Wildman–Crippen MR) is 119 cm³/mol. The third-order valence-electron chi connectivity index (χ3n) is 5.35. The van der Waals surface area contributed by atoms with Gasteiger partial charge in [-0.15, -0.1) is 0 Å². The van der Waals surface area contributed by atoms with Gasteiger partial charge in [-0.05, 0) is 42.7 Å². The third kappa shape index (κ3) is 5.38. The van der Waals surface area contributed by atoms with Gasteiger partial charge in [-0.3, -0.25) is 9.59 Å². The van der Waals surface area contributed by atoms with E-state index in [1.807, 2.05) is 0 Å². The van der Waals surface area contributed by atoms with Crippen molar-refractivity contribution in [2.24, 2.45) is 11.7 Å². The lowest BCUT2D eigenvalue weighted by molar-refractivity contribution is -0.121. The highest BCUT2D eigenvalue weighted by Gasteiger charge is 2.33. The van der Waals surface area contributed by atoms with Crippen molar-refractivity contribution in [3.05, 3.63) is 48.0 Å². The number of carbonyl (C=O) groups excluding carboxylic acids is 2. The predicted octanol–water partition coefficient (Wildman–Crippen LogP) is 1.77. The molecular weight excluding hydrogens is 434 g/mol. The van der Waals surface area contributed by atoms with Crippen LogP contribution in [-0.2, 0) is 26.0 Å². The second kappa shape index (κ2) is 10.0. The molecule has 0 aliphatic carbocycles. The van der Waals surface area contributed by atoms with Gasteiger partial charge in [0.2, 0.25) is 21.8 Å². The van der Waals surface area contributed by atoms with Crippen LogP contribution in [0.15, 0.2) is 47.4 Å². The maximum atomic E-state index is 13.2. The van der Waals surface area contributed by atoms with Gasteiger partial charge < -0.3 is 20.5 Å². The second-order valence-electron chi connectivity index (χ2n) is 7.55. The summed E-state index contributed by atoms with van der Waals surface area (Å²) in [6.45, 7) is 0.421. The van der Waals surface area contributed by atoms with E-state index in [2.05, 4.69) is 5.32 Å². The molecule has 2 amide bonds. The molecule has 0 bridgehead atoms. The number of carbonyl (C=O) groups is 2. The van der Waals surface area contributed by atoms with Crippen LogP contribution in [0, 0.1) is 5.92 Å². The summed E-state index contributed by atoms with van der Waals surface area (Å²) in [6, 6.07) is 11.2. The molecule has 3 rings (SSSR count). The molecule has 2 aromatic rings. The first kappa shape index (κ1) is 23.6. The molecule has 1 aliphatic heterocycles. The van der Waals surface area contributed by atoms with Gasteiger partial charge in [-0.2, -0.15) is 4.31 Å². The summed E-state index contributed by atoms with van der Waals surface area (Å²) in [7, 11) is -0.884. The third-order valence-corrected chi connectivity index (χ3v) is 7.21. The van der Waals surface area contributed by atoms with Crippen molar-refractivity contribution in [2.75, 3.05) is 32.6 Å². The van der Waals surface area contributed by atoms with Crippen molar-refractivity contribution in [3.63, 3.8) is 0 Å². The lowest BCUT2D eigenvalue weighted by Gasteiger charge is -2.31. The van der Waals surface area contributed by atoms with E-state index in [1.54, 1.807) is 30.3 Å². The number of hydrogen-bond donors (Lipinski definition) is 2. The summed E-state index contributed by atoms with van der Waals surface area (Å²) in [6.07, 6.45) is 1.28. The zero-order valence-electron chi connectivity index (χ0n) is 18.0. The molecule has 1 unspecified atom stereocenters. The maximum Gasteiger partial charge on any atom is 0.243 e. The quantitative estimate of drug-likeness (QED) is 0.617. The Balaban J connectivity index is 1.70. The zero-order chi connectivity index (χ0) is 23.3. The smallest absolute Gasteiger partial charge is 0.243 e. The van der Waals surface area contributed by atoms with Gasteiger partial charge in [0.15, 0.2) is 11.5 Å². The number of hydrogen-bond acceptors (Lipinski definition) is 6. The van der Waals surface area contributed by atoms with Crippen molar-refractivity contribution in [1.29, 1.82) is 0 Å². The van der Waals surface area contributed by atoms with Crippen molar-refractivity contribution < 1.29 is 27.5 Å². The summed E-state index contributed by atoms with van der Waals surface area (Å²) < 4.78 is 38.1. The molecule has 1 fully saturated rings. The molecule has 0 radical (unpaired) electrons. The number of sulfonamides is 1. The second-order valence-corrected chi connectivity index (χ2v) is 9.49. The largest absolute Gasteiger partial charge is 0.493 e. The van der Waals surface area contributed by atoms with Gasteiger partial charge in [0.1, 0.15) is 0 Å². The average molecular weight is 462 g/mol. The number of nitrogens with one attached hydrogen (secondary N) is 1. The van der Waals surface area contributed by atoms with E-state index >= 15 is 0 Å². The first-order valence-electron chi connectivity index (χ1n) is 10.1. The number of nitrogens with two attached hydrogens (primary N) is 1. The van der Waals surface area contributed by atoms with Crippen molar-refractivity contribution in [2.45, 2.75) is 24.2 Å². The van der Waals surface area contributed by atoms with E-state index in [4.69, 9.17) is 15.2 Å². The Morgan fingerprint density at radius 3 is 2.41 bits per heavy atom. The number of ether oxygens (including phenoxy) is 2. The zero-order valence-corrected chi connectivity index (χ0v) is 18.9. The monoisotopic (exact) mass is 461 g/mol. The van der Waals surface area contributed by atoms with E-state index in [9.17, 15) is 18.0 Å². The molecule has 172 valence electrons. The molecule has 1 atom stereocenters. The lowest BCUT2D eigenvalue weighted by Crippen LogP contribution is -2.43. The summed E-state index contributed by atoms with van der Waals surface area (Å²) in [5, 5.41) is 2.82. The highest BCUT2D eigenvalue weighted by atomic mass is 32.2. The highest BCUT2D eigenvalue weighted by molar-refractivity contribution is 7.89. The van der Waals surface area contributed by atoms with Crippen LogP contribution in [0.3, 0.4) is 0 Å². The molecule has 2 aromatic carbocycles. The van der Waals surface area contributed by atoms with Crippen molar-refractivity contribution >= 4 is 27.5 Å². The van der Waals surface area contributed by atoms with Crippen molar-refractivity contribution in [3.8, 4) is 11.5 Å². The molecule has 9 nitrogen and oxygen atoms in total. The summed E-state index contributed by atoms with van der Waals surface area (Å²) in [5.41, 5.74) is 6.51. The molecule has 0 saturated carbocycles. The van der Waals surface area contributed by atoms with Gasteiger partial charge in [0, 0.05) is 24.8 Å². The van der Waals surface area contributed by atoms with Crippen LogP contribution in [0.2, 0.25) is 0 Å². The Morgan fingerprint density at radius 2 is 1.78 bits per heavy atom. The molecule has 0 aromatic heterocycles. The van der Waals surface area contributed by atoms with Gasteiger partial charge in [0.25, 0.3) is 0 Å².